The predicted octanol–water partition coefficient (Wildman–Crippen LogP) is 1.43. The van der Waals surface area contributed by atoms with E-state index < -0.39 is 12.0 Å². The first-order valence-corrected chi connectivity index (χ1v) is 5.75. The molecule has 0 bridgehead atoms. The minimum absolute atomic E-state index is 0.110. The molecule has 1 aromatic rings. The van der Waals surface area contributed by atoms with E-state index in [0.717, 1.165) is 11.1 Å². The van der Waals surface area contributed by atoms with Crippen LogP contribution in [-0.4, -0.2) is 23.0 Å². The predicted molar refractivity (Wildman–Crippen MR) is 69.4 cm³/mol. The first kappa shape index (κ1) is 14.2. The van der Waals surface area contributed by atoms with Crippen LogP contribution in [-0.2, 0) is 9.59 Å². The molecule has 4 N–H and O–H groups in total. The number of nitrogens with one attached hydrogen (secondary N) is 1. The van der Waals surface area contributed by atoms with Crippen molar-refractivity contribution in [3.05, 3.63) is 29.3 Å². The van der Waals surface area contributed by atoms with E-state index >= 15 is 0 Å². The summed E-state index contributed by atoms with van der Waals surface area (Å²) in [5.41, 5.74) is 8.39. The second-order valence-electron chi connectivity index (χ2n) is 4.35. The molecule has 1 atom stereocenters. The molecule has 0 aliphatic rings. The molecule has 1 amide bonds. The molecule has 0 fully saturated rings. The third kappa shape index (κ3) is 4.18. The number of carboxylic acid groups (broad SMARTS) is 1. The quantitative estimate of drug-likeness (QED) is 0.737. The van der Waals surface area contributed by atoms with Gasteiger partial charge in [-0.05, 0) is 31.9 Å². The van der Waals surface area contributed by atoms with E-state index in [2.05, 4.69) is 5.32 Å². The van der Waals surface area contributed by atoms with E-state index in [4.69, 9.17) is 10.8 Å². The Morgan fingerprint density at radius 2 is 2.06 bits per heavy atom. The second kappa shape index (κ2) is 6.16. The minimum Gasteiger partial charge on any atom is -0.481 e. The Morgan fingerprint density at radius 1 is 1.39 bits per heavy atom. The maximum atomic E-state index is 11.7. The van der Waals surface area contributed by atoms with Crippen molar-refractivity contribution >= 4 is 17.6 Å². The van der Waals surface area contributed by atoms with Crippen LogP contribution in [0.3, 0.4) is 0 Å². The van der Waals surface area contributed by atoms with Gasteiger partial charge in [-0.2, -0.15) is 0 Å². The van der Waals surface area contributed by atoms with Gasteiger partial charge >= 0.3 is 5.97 Å². The number of amides is 1. The summed E-state index contributed by atoms with van der Waals surface area (Å²) < 4.78 is 0. The molecule has 1 rings (SSSR count). The molecule has 1 unspecified atom stereocenters. The van der Waals surface area contributed by atoms with Crippen LogP contribution in [0.1, 0.15) is 24.0 Å². The number of benzene rings is 1. The van der Waals surface area contributed by atoms with Crippen molar-refractivity contribution in [3.8, 4) is 0 Å². The Balaban J connectivity index is 2.61. The zero-order chi connectivity index (χ0) is 13.7. The van der Waals surface area contributed by atoms with Crippen molar-refractivity contribution in [1.82, 2.24) is 0 Å². The van der Waals surface area contributed by atoms with E-state index in [-0.39, 0.29) is 18.7 Å². The van der Waals surface area contributed by atoms with Crippen molar-refractivity contribution in [2.24, 2.45) is 5.73 Å². The highest BCUT2D eigenvalue weighted by Gasteiger charge is 2.15. The van der Waals surface area contributed by atoms with Gasteiger partial charge < -0.3 is 16.2 Å². The van der Waals surface area contributed by atoms with Crippen LogP contribution in [0.25, 0.3) is 0 Å². The van der Waals surface area contributed by atoms with E-state index in [0.29, 0.717) is 5.69 Å². The summed E-state index contributed by atoms with van der Waals surface area (Å²) >= 11 is 0. The maximum Gasteiger partial charge on any atom is 0.303 e. The lowest BCUT2D eigenvalue weighted by molar-refractivity contribution is -0.137. The normalized spacial score (nSPS) is 11.9. The van der Waals surface area contributed by atoms with Crippen molar-refractivity contribution in [2.45, 2.75) is 32.7 Å². The molecule has 0 saturated heterocycles. The highest BCUT2D eigenvalue weighted by atomic mass is 16.4. The first-order valence-electron chi connectivity index (χ1n) is 5.75. The summed E-state index contributed by atoms with van der Waals surface area (Å²) in [7, 11) is 0. The summed E-state index contributed by atoms with van der Waals surface area (Å²) in [5.74, 6) is -1.31. The van der Waals surface area contributed by atoms with Gasteiger partial charge in [-0.1, -0.05) is 17.7 Å². The second-order valence-corrected chi connectivity index (χ2v) is 4.35. The number of aryl methyl sites for hydroxylation is 2. The van der Waals surface area contributed by atoms with E-state index in [9.17, 15) is 9.59 Å². The summed E-state index contributed by atoms with van der Waals surface area (Å²) in [6.07, 6.45) is 0.0214. The van der Waals surface area contributed by atoms with E-state index in [1.54, 1.807) is 0 Å². The van der Waals surface area contributed by atoms with Crippen LogP contribution >= 0.6 is 0 Å². The summed E-state index contributed by atoms with van der Waals surface area (Å²) in [6.45, 7) is 3.86. The molecule has 0 heterocycles. The van der Waals surface area contributed by atoms with Gasteiger partial charge in [0.1, 0.15) is 0 Å². The smallest absolute Gasteiger partial charge is 0.303 e. The van der Waals surface area contributed by atoms with Crippen LogP contribution < -0.4 is 11.1 Å². The van der Waals surface area contributed by atoms with Crippen LogP contribution in [0.15, 0.2) is 18.2 Å². The molecular formula is C13H18N2O3. The highest BCUT2D eigenvalue weighted by molar-refractivity contribution is 5.95. The molecule has 5 heteroatoms. The average Bonchev–Trinajstić information content (AvgIpc) is 2.29. The van der Waals surface area contributed by atoms with Gasteiger partial charge in [-0.15, -0.1) is 0 Å². The van der Waals surface area contributed by atoms with E-state index in [1.165, 1.54) is 0 Å². The van der Waals surface area contributed by atoms with Crippen molar-refractivity contribution < 1.29 is 14.7 Å². The Bertz CT molecular complexity index is 458. The molecule has 0 radical (unpaired) electrons. The number of carbonyl (C=O) groups is 2. The summed E-state index contributed by atoms with van der Waals surface area (Å²) in [6, 6.07) is 4.86. The molecule has 0 saturated carbocycles. The fraction of sp³-hybridized carbons (Fsp3) is 0.385. The van der Waals surface area contributed by atoms with Crippen LogP contribution in [0.5, 0.6) is 0 Å². The van der Waals surface area contributed by atoms with Gasteiger partial charge in [0.25, 0.3) is 0 Å². The first-order chi connectivity index (χ1) is 8.40. The molecule has 0 aliphatic heterocycles. The molecule has 18 heavy (non-hydrogen) atoms. The molecular weight excluding hydrogens is 232 g/mol. The number of aliphatic carboxylic acids is 1. The standard InChI is InChI=1S/C13H18N2O3/c1-8-3-5-11(9(2)7-8)15-13(18)10(14)4-6-12(16)17/h3,5,7,10H,4,6,14H2,1-2H3,(H,15,18)(H,16,17). The molecule has 0 aliphatic carbocycles. The molecule has 1 aromatic carbocycles. The Morgan fingerprint density at radius 3 is 2.61 bits per heavy atom. The Labute approximate surface area is 106 Å². The van der Waals surface area contributed by atoms with Gasteiger partial charge in [-0.3, -0.25) is 9.59 Å². The number of rotatable bonds is 5. The number of anilines is 1. The molecule has 0 aromatic heterocycles. The van der Waals surface area contributed by atoms with Gasteiger partial charge in [0, 0.05) is 12.1 Å². The van der Waals surface area contributed by atoms with Gasteiger partial charge in [0.2, 0.25) is 5.91 Å². The highest BCUT2D eigenvalue weighted by Crippen LogP contribution is 2.16. The fourth-order valence-electron chi connectivity index (χ4n) is 1.59. The fourth-order valence-corrected chi connectivity index (χ4v) is 1.59. The number of nitrogens with two attached hydrogens (primary N) is 1. The van der Waals surface area contributed by atoms with Crippen molar-refractivity contribution in [1.29, 1.82) is 0 Å². The van der Waals surface area contributed by atoms with Gasteiger partial charge in [0.05, 0.1) is 6.04 Å². The molecule has 0 spiro atoms. The average molecular weight is 250 g/mol. The third-order valence-electron chi connectivity index (χ3n) is 2.65. The van der Waals surface area contributed by atoms with Gasteiger partial charge in [-0.25, -0.2) is 0 Å². The lowest BCUT2D eigenvalue weighted by Crippen LogP contribution is -2.36. The number of hydrogen-bond donors (Lipinski definition) is 3. The van der Waals surface area contributed by atoms with Crippen LogP contribution in [0, 0.1) is 13.8 Å². The monoisotopic (exact) mass is 250 g/mol. The zero-order valence-corrected chi connectivity index (χ0v) is 10.6. The van der Waals surface area contributed by atoms with Gasteiger partial charge in [0.15, 0.2) is 0 Å². The topological polar surface area (TPSA) is 92.4 Å². The number of hydrogen-bond acceptors (Lipinski definition) is 3. The number of carbonyl (C=O) groups excluding carboxylic acids is 1. The summed E-state index contributed by atoms with van der Waals surface area (Å²) in [4.78, 5) is 22.1. The minimum atomic E-state index is -0.954. The molecule has 5 nitrogen and oxygen atoms in total. The summed E-state index contributed by atoms with van der Waals surface area (Å²) in [5, 5.41) is 11.2. The third-order valence-corrected chi connectivity index (χ3v) is 2.65. The van der Waals surface area contributed by atoms with Crippen LogP contribution in [0.2, 0.25) is 0 Å². The number of carboxylic acids is 1. The Kier molecular flexibility index (Phi) is 4.85. The van der Waals surface area contributed by atoms with Crippen LogP contribution in [0.4, 0.5) is 5.69 Å². The zero-order valence-electron chi connectivity index (χ0n) is 10.6. The van der Waals surface area contributed by atoms with E-state index in [1.807, 2.05) is 32.0 Å². The molecule has 98 valence electrons. The SMILES string of the molecule is Cc1ccc(NC(=O)C(N)CCC(=O)O)c(C)c1. The van der Waals surface area contributed by atoms with Crippen molar-refractivity contribution in [2.75, 3.05) is 5.32 Å². The van der Waals surface area contributed by atoms with Crippen molar-refractivity contribution in [3.63, 3.8) is 0 Å². The lowest BCUT2D eigenvalue weighted by Gasteiger charge is -2.13. The lowest BCUT2D eigenvalue weighted by atomic mass is 10.1. The maximum absolute atomic E-state index is 11.7. The Hall–Kier alpha value is -1.88. The largest absolute Gasteiger partial charge is 0.481 e.